The van der Waals surface area contributed by atoms with Gasteiger partial charge in [-0.3, -0.25) is 4.79 Å². The van der Waals surface area contributed by atoms with E-state index in [0.29, 0.717) is 0 Å². The molecule has 0 N–H and O–H groups in total. The molecule has 0 bridgehead atoms. The van der Waals surface area contributed by atoms with E-state index in [1.54, 1.807) is 6.08 Å². The highest BCUT2D eigenvalue weighted by Gasteiger charge is 2.28. The zero-order valence-corrected chi connectivity index (χ0v) is 7.74. The largest absolute Gasteiger partial charge is 0.293 e. The van der Waals surface area contributed by atoms with Crippen molar-refractivity contribution >= 4 is 17.4 Å². The van der Waals surface area contributed by atoms with E-state index in [9.17, 15) is 4.79 Å². The SMILES string of the molecule is O=C1C=CC(c2ccccc2)C1Cl. The molecule has 2 atom stereocenters. The molecule has 1 aliphatic carbocycles. The number of allylic oxidation sites excluding steroid dienone is 2. The maximum atomic E-state index is 11.1. The summed E-state index contributed by atoms with van der Waals surface area (Å²) in [5.74, 6) is 0.0610. The van der Waals surface area contributed by atoms with Crippen LogP contribution in [0.1, 0.15) is 11.5 Å². The first kappa shape index (κ1) is 8.52. The van der Waals surface area contributed by atoms with Gasteiger partial charge in [-0.05, 0) is 11.6 Å². The Hall–Kier alpha value is -1.08. The third kappa shape index (κ3) is 1.52. The van der Waals surface area contributed by atoms with Crippen molar-refractivity contribution in [3.8, 4) is 0 Å². The molecule has 0 heterocycles. The number of ketones is 1. The Morgan fingerprint density at radius 1 is 1.15 bits per heavy atom. The van der Waals surface area contributed by atoms with Crippen molar-refractivity contribution in [2.24, 2.45) is 0 Å². The molecule has 0 spiro atoms. The number of alkyl halides is 1. The molecule has 0 aliphatic heterocycles. The van der Waals surface area contributed by atoms with Gasteiger partial charge < -0.3 is 0 Å². The second-order valence-electron chi connectivity index (χ2n) is 3.10. The van der Waals surface area contributed by atoms with E-state index in [4.69, 9.17) is 11.6 Å². The predicted molar refractivity (Wildman–Crippen MR) is 53.0 cm³/mol. The molecule has 2 rings (SSSR count). The van der Waals surface area contributed by atoms with Gasteiger partial charge in [0.25, 0.3) is 0 Å². The van der Waals surface area contributed by atoms with Crippen LogP contribution in [0.4, 0.5) is 0 Å². The molecule has 0 saturated carbocycles. The average molecular weight is 193 g/mol. The number of rotatable bonds is 1. The van der Waals surface area contributed by atoms with Gasteiger partial charge in [0.2, 0.25) is 0 Å². The van der Waals surface area contributed by atoms with E-state index in [-0.39, 0.29) is 11.7 Å². The molecule has 66 valence electrons. The molecule has 1 aromatic rings. The van der Waals surface area contributed by atoms with Gasteiger partial charge in [0, 0.05) is 5.92 Å². The van der Waals surface area contributed by atoms with Crippen LogP contribution >= 0.6 is 11.6 Å². The topological polar surface area (TPSA) is 17.1 Å². The minimum Gasteiger partial charge on any atom is -0.293 e. The zero-order valence-electron chi connectivity index (χ0n) is 6.98. The van der Waals surface area contributed by atoms with E-state index in [0.717, 1.165) is 5.56 Å². The summed E-state index contributed by atoms with van der Waals surface area (Å²) in [6, 6.07) is 9.84. The second kappa shape index (κ2) is 3.35. The fourth-order valence-electron chi connectivity index (χ4n) is 1.52. The van der Waals surface area contributed by atoms with Crippen molar-refractivity contribution in [3.05, 3.63) is 48.0 Å². The number of benzene rings is 1. The summed E-state index contributed by atoms with van der Waals surface area (Å²) < 4.78 is 0. The molecular formula is C11H9ClO. The van der Waals surface area contributed by atoms with E-state index in [1.165, 1.54) is 0 Å². The van der Waals surface area contributed by atoms with Crippen molar-refractivity contribution in [3.63, 3.8) is 0 Å². The maximum absolute atomic E-state index is 11.1. The molecule has 0 saturated heterocycles. The third-order valence-corrected chi connectivity index (χ3v) is 2.73. The minimum absolute atomic E-state index is 0.00974. The average Bonchev–Trinajstić information content (AvgIpc) is 2.49. The summed E-state index contributed by atoms with van der Waals surface area (Å²) in [6.45, 7) is 0. The Bertz CT molecular complexity index is 342. The first-order valence-electron chi connectivity index (χ1n) is 4.20. The van der Waals surface area contributed by atoms with Gasteiger partial charge in [0.1, 0.15) is 5.38 Å². The van der Waals surface area contributed by atoms with Gasteiger partial charge in [-0.15, -0.1) is 11.6 Å². The highest BCUT2D eigenvalue weighted by atomic mass is 35.5. The van der Waals surface area contributed by atoms with E-state index in [1.807, 2.05) is 36.4 Å². The molecule has 0 amide bonds. The Kier molecular flexibility index (Phi) is 2.19. The number of hydrogen-bond donors (Lipinski definition) is 0. The van der Waals surface area contributed by atoms with Crippen molar-refractivity contribution in [1.29, 1.82) is 0 Å². The van der Waals surface area contributed by atoms with E-state index < -0.39 is 5.38 Å². The smallest absolute Gasteiger partial charge is 0.174 e. The maximum Gasteiger partial charge on any atom is 0.174 e. The standard InChI is InChI=1S/C11H9ClO/c12-11-9(6-7-10(11)13)8-4-2-1-3-5-8/h1-7,9,11H. The third-order valence-electron chi connectivity index (χ3n) is 2.24. The van der Waals surface area contributed by atoms with E-state index in [2.05, 4.69) is 0 Å². The highest BCUT2D eigenvalue weighted by Crippen LogP contribution is 2.30. The summed E-state index contributed by atoms with van der Waals surface area (Å²) in [5.41, 5.74) is 1.10. The quantitative estimate of drug-likeness (QED) is 0.625. The Morgan fingerprint density at radius 3 is 2.38 bits per heavy atom. The van der Waals surface area contributed by atoms with Gasteiger partial charge in [-0.25, -0.2) is 0 Å². The second-order valence-corrected chi connectivity index (χ2v) is 3.57. The molecule has 1 nitrogen and oxygen atoms in total. The molecule has 0 radical (unpaired) electrons. The lowest BCUT2D eigenvalue weighted by atomic mass is 9.98. The molecule has 0 aromatic heterocycles. The normalized spacial score (nSPS) is 26.7. The van der Waals surface area contributed by atoms with Crippen LogP contribution in [0.25, 0.3) is 0 Å². The number of carbonyl (C=O) groups is 1. The van der Waals surface area contributed by atoms with Crippen LogP contribution in [-0.2, 0) is 4.79 Å². The van der Waals surface area contributed by atoms with Gasteiger partial charge in [0.05, 0.1) is 0 Å². The Labute approximate surface area is 82.0 Å². The van der Waals surface area contributed by atoms with Crippen molar-refractivity contribution in [2.45, 2.75) is 11.3 Å². The lowest BCUT2D eigenvalue weighted by Crippen LogP contribution is -2.13. The Morgan fingerprint density at radius 2 is 1.85 bits per heavy atom. The van der Waals surface area contributed by atoms with Gasteiger partial charge in [-0.1, -0.05) is 36.4 Å². The summed E-state index contributed by atoms with van der Waals surface area (Å²) in [6.07, 6.45) is 3.44. The lowest BCUT2D eigenvalue weighted by molar-refractivity contribution is -0.113. The first-order valence-corrected chi connectivity index (χ1v) is 4.64. The van der Waals surface area contributed by atoms with Crippen molar-refractivity contribution < 1.29 is 4.79 Å². The van der Waals surface area contributed by atoms with Gasteiger partial charge in [0.15, 0.2) is 5.78 Å². The number of carbonyl (C=O) groups excluding carboxylic acids is 1. The fourth-order valence-corrected chi connectivity index (χ4v) is 1.82. The first-order chi connectivity index (χ1) is 6.29. The monoisotopic (exact) mass is 192 g/mol. The van der Waals surface area contributed by atoms with Crippen molar-refractivity contribution in [2.75, 3.05) is 0 Å². The molecule has 0 fully saturated rings. The van der Waals surface area contributed by atoms with E-state index >= 15 is 0 Å². The van der Waals surface area contributed by atoms with Crippen LogP contribution in [-0.4, -0.2) is 11.2 Å². The minimum atomic E-state index is -0.414. The van der Waals surface area contributed by atoms with Crippen LogP contribution in [0.15, 0.2) is 42.5 Å². The van der Waals surface area contributed by atoms with Crippen LogP contribution in [0.3, 0.4) is 0 Å². The van der Waals surface area contributed by atoms with Gasteiger partial charge >= 0.3 is 0 Å². The highest BCUT2D eigenvalue weighted by molar-refractivity contribution is 6.34. The van der Waals surface area contributed by atoms with Gasteiger partial charge in [-0.2, -0.15) is 0 Å². The summed E-state index contributed by atoms with van der Waals surface area (Å²) in [4.78, 5) is 11.1. The Balaban J connectivity index is 2.29. The molecular weight excluding hydrogens is 184 g/mol. The van der Waals surface area contributed by atoms with Crippen LogP contribution in [0.2, 0.25) is 0 Å². The summed E-state index contributed by atoms with van der Waals surface area (Å²) >= 11 is 5.95. The predicted octanol–water partition coefficient (Wildman–Crippen LogP) is 2.52. The molecule has 1 aliphatic rings. The van der Waals surface area contributed by atoms with Crippen LogP contribution in [0, 0.1) is 0 Å². The number of hydrogen-bond acceptors (Lipinski definition) is 1. The molecule has 13 heavy (non-hydrogen) atoms. The summed E-state index contributed by atoms with van der Waals surface area (Å²) in [5, 5.41) is -0.414. The lowest BCUT2D eigenvalue weighted by Gasteiger charge is -2.11. The van der Waals surface area contributed by atoms with Crippen LogP contribution in [0.5, 0.6) is 0 Å². The molecule has 2 unspecified atom stereocenters. The fraction of sp³-hybridized carbons (Fsp3) is 0.182. The molecule has 1 aromatic carbocycles. The molecule has 2 heteroatoms. The number of halogens is 1. The van der Waals surface area contributed by atoms with Crippen LogP contribution < -0.4 is 0 Å². The zero-order chi connectivity index (χ0) is 9.26. The summed E-state index contributed by atoms with van der Waals surface area (Å²) in [7, 11) is 0. The van der Waals surface area contributed by atoms with Crippen molar-refractivity contribution in [1.82, 2.24) is 0 Å².